The van der Waals surface area contributed by atoms with E-state index in [0.717, 1.165) is 17.1 Å². The zero-order valence-electron chi connectivity index (χ0n) is 18.2. The van der Waals surface area contributed by atoms with Gasteiger partial charge in [0.25, 0.3) is 0 Å². The summed E-state index contributed by atoms with van der Waals surface area (Å²) in [5, 5.41) is 10.2. The van der Waals surface area contributed by atoms with Crippen molar-refractivity contribution in [3.63, 3.8) is 0 Å². The van der Waals surface area contributed by atoms with Gasteiger partial charge in [0.2, 0.25) is 0 Å². The first-order chi connectivity index (χ1) is 15.3. The molecule has 6 heteroatoms. The summed E-state index contributed by atoms with van der Waals surface area (Å²) < 4.78 is 2.01. The first-order valence-electron chi connectivity index (χ1n) is 10.4. The molecule has 0 radical (unpaired) electrons. The van der Waals surface area contributed by atoms with Crippen LogP contribution in [0.3, 0.4) is 0 Å². The summed E-state index contributed by atoms with van der Waals surface area (Å²) in [6.07, 6.45) is 0. The second kappa shape index (κ2) is 9.31. The maximum atomic E-state index is 12.7. The smallest absolute Gasteiger partial charge is 0.196 e. The van der Waals surface area contributed by atoms with E-state index in [1.54, 1.807) is 24.3 Å². The molecule has 0 saturated heterocycles. The fourth-order valence-corrected chi connectivity index (χ4v) is 4.30. The Kier molecular flexibility index (Phi) is 6.49. The number of hydrogen-bond acceptors (Lipinski definition) is 4. The summed E-state index contributed by atoms with van der Waals surface area (Å²) in [5.74, 6) is 1.03. The van der Waals surface area contributed by atoms with E-state index in [0.29, 0.717) is 15.7 Å². The van der Waals surface area contributed by atoms with Crippen LogP contribution < -0.4 is 0 Å². The second-order valence-electron chi connectivity index (χ2n) is 8.52. The Morgan fingerprint density at radius 3 is 2.19 bits per heavy atom. The van der Waals surface area contributed by atoms with Crippen LogP contribution in [0.2, 0.25) is 5.02 Å². The number of hydrogen-bond donors (Lipinski definition) is 0. The van der Waals surface area contributed by atoms with Gasteiger partial charge in [0.05, 0.1) is 5.75 Å². The molecule has 4 aromatic rings. The first-order valence-corrected chi connectivity index (χ1v) is 11.7. The third-order valence-electron chi connectivity index (χ3n) is 5.16. The molecule has 1 heterocycles. The van der Waals surface area contributed by atoms with Crippen molar-refractivity contribution in [2.24, 2.45) is 0 Å². The third-order valence-corrected chi connectivity index (χ3v) is 6.34. The highest BCUT2D eigenvalue weighted by Crippen LogP contribution is 2.30. The van der Waals surface area contributed by atoms with Gasteiger partial charge in [0.1, 0.15) is 0 Å². The summed E-state index contributed by atoms with van der Waals surface area (Å²) in [4.78, 5) is 12.7. The summed E-state index contributed by atoms with van der Waals surface area (Å²) in [5.41, 5.74) is 3.90. The molecule has 0 bridgehead atoms. The Balaban J connectivity index is 1.65. The average molecular weight is 462 g/mol. The van der Waals surface area contributed by atoms with Crippen molar-refractivity contribution in [3.05, 3.63) is 95.0 Å². The van der Waals surface area contributed by atoms with Crippen molar-refractivity contribution in [1.29, 1.82) is 0 Å². The summed E-state index contributed by atoms with van der Waals surface area (Å²) in [6.45, 7) is 6.59. The van der Waals surface area contributed by atoms with E-state index in [2.05, 4.69) is 55.2 Å². The van der Waals surface area contributed by atoms with E-state index in [9.17, 15) is 4.79 Å². The Hall–Kier alpha value is -2.89. The van der Waals surface area contributed by atoms with Crippen LogP contribution in [0.25, 0.3) is 17.1 Å². The lowest BCUT2D eigenvalue weighted by atomic mass is 9.87. The van der Waals surface area contributed by atoms with Crippen LogP contribution in [-0.2, 0) is 5.41 Å². The molecule has 0 fully saturated rings. The Morgan fingerprint density at radius 1 is 0.906 bits per heavy atom. The Morgan fingerprint density at radius 2 is 1.56 bits per heavy atom. The largest absolute Gasteiger partial charge is 0.293 e. The Bertz CT molecular complexity index is 1210. The van der Waals surface area contributed by atoms with E-state index in [1.807, 2.05) is 34.9 Å². The molecule has 0 unspecified atom stereocenters. The maximum Gasteiger partial charge on any atom is 0.196 e. The molecule has 32 heavy (non-hydrogen) atoms. The normalized spacial score (nSPS) is 11.5. The van der Waals surface area contributed by atoms with Crippen molar-refractivity contribution >= 4 is 29.1 Å². The van der Waals surface area contributed by atoms with Gasteiger partial charge in [-0.05, 0) is 47.4 Å². The van der Waals surface area contributed by atoms with Gasteiger partial charge in [0.15, 0.2) is 16.8 Å². The predicted molar refractivity (Wildman–Crippen MR) is 132 cm³/mol. The molecule has 162 valence electrons. The number of Topliss-reactive ketones (excluding diaryl/α,β-unsaturated/α-hetero) is 1. The third kappa shape index (κ3) is 4.95. The van der Waals surface area contributed by atoms with Gasteiger partial charge in [-0.25, -0.2) is 0 Å². The number of halogens is 1. The molecule has 0 spiro atoms. The number of carbonyl (C=O) groups is 1. The first kappa shape index (κ1) is 22.3. The molecule has 0 amide bonds. The van der Waals surface area contributed by atoms with E-state index >= 15 is 0 Å². The number of carbonyl (C=O) groups excluding carboxylic acids is 1. The number of thioether (sulfide) groups is 1. The molecule has 0 aliphatic carbocycles. The van der Waals surface area contributed by atoms with Gasteiger partial charge in [-0.2, -0.15) is 0 Å². The van der Waals surface area contributed by atoms with Crippen molar-refractivity contribution in [1.82, 2.24) is 14.8 Å². The average Bonchev–Trinajstić information content (AvgIpc) is 3.22. The second-order valence-corrected chi connectivity index (χ2v) is 9.90. The van der Waals surface area contributed by atoms with Crippen LogP contribution in [0.1, 0.15) is 36.7 Å². The lowest BCUT2D eigenvalue weighted by Crippen LogP contribution is -2.10. The van der Waals surface area contributed by atoms with Gasteiger partial charge >= 0.3 is 0 Å². The van der Waals surface area contributed by atoms with Gasteiger partial charge in [0, 0.05) is 21.8 Å². The van der Waals surface area contributed by atoms with Crippen molar-refractivity contribution in [2.45, 2.75) is 31.3 Å². The number of aromatic nitrogens is 3. The number of benzene rings is 3. The van der Waals surface area contributed by atoms with E-state index in [1.165, 1.54) is 17.3 Å². The van der Waals surface area contributed by atoms with Gasteiger partial charge in [-0.15, -0.1) is 10.2 Å². The van der Waals surface area contributed by atoms with Crippen LogP contribution in [0, 0.1) is 0 Å². The summed E-state index contributed by atoms with van der Waals surface area (Å²) in [6, 6.07) is 25.3. The lowest BCUT2D eigenvalue weighted by molar-refractivity contribution is 0.102. The Labute approximate surface area is 197 Å². The molecule has 4 rings (SSSR count). The topological polar surface area (TPSA) is 47.8 Å². The van der Waals surface area contributed by atoms with E-state index in [4.69, 9.17) is 11.6 Å². The molecule has 0 atom stereocenters. The van der Waals surface area contributed by atoms with Crippen molar-refractivity contribution in [2.75, 3.05) is 5.75 Å². The molecule has 3 aromatic carbocycles. The quantitative estimate of drug-likeness (QED) is 0.232. The molecule has 0 N–H and O–H groups in total. The number of nitrogens with zero attached hydrogens (tertiary/aromatic N) is 3. The fourth-order valence-electron chi connectivity index (χ4n) is 3.33. The number of ketones is 1. The zero-order chi connectivity index (χ0) is 22.7. The van der Waals surface area contributed by atoms with Crippen LogP contribution in [0.5, 0.6) is 0 Å². The number of para-hydroxylation sites is 1. The number of rotatable bonds is 6. The standard InChI is InChI=1S/C26H24ClN3OS/c1-26(2,3)20-13-9-19(10-14-20)24-28-29-25(30(24)22-7-5-4-6-8-22)32-17-23(31)18-11-15-21(27)16-12-18/h4-16H,17H2,1-3H3. The zero-order valence-corrected chi connectivity index (χ0v) is 19.8. The highest BCUT2D eigenvalue weighted by molar-refractivity contribution is 7.99. The molecular weight excluding hydrogens is 438 g/mol. The minimum Gasteiger partial charge on any atom is -0.293 e. The van der Waals surface area contributed by atoms with Gasteiger partial charge in [-0.3, -0.25) is 9.36 Å². The van der Waals surface area contributed by atoms with Crippen LogP contribution in [0.15, 0.2) is 84.0 Å². The maximum absolute atomic E-state index is 12.7. The molecule has 0 aliphatic rings. The molecule has 0 saturated carbocycles. The van der Waals surface area contributed by atoms with Crippen LogP contribution in [0.4, 0.5) is 0 Å². The summed E-state index contributed by atoms with van der Waals surface area (Å²) in [7, 11) is 0. The van der Waals surface area contributed by atoms with Crippen molar-refractivity contribution in [3.8, 4) is 17.1 Å². The van der Waals surface area contributed by atoms with Crippen LogP contribution in [-0.4, -0.2) is 26.3 Å². The van der Waals surface area contributed by atoms with E-state index in [-0.39, 0.29) is 17.0 Å². The molecular formula is C26H24ClN3OS. The van der Waals surface area contributed by atoms with Crippen molar-refractivity contribution < 1.29 is 4.79 Å². The lowest BCUT2D eigenvalue weighted by Gasteiger charge is -2.19. The summed E-state index contributed by atoms with van der Waals surface area (Å²) >= 11 is 7.31. The van der Waals surface area contributed by atoms with E-state index < -0.39 is 0 Å². The minimum absolute atomic E-state index is 0.0189. The monoisotopic (exact) mass is 461 g/mol. The fraction of sp³-hybridized carbons (Fsp3) is 0.192. The molecule has 0 aliphatic heterocycles. The highest BCUT2D eigenvalue weighted by Gasteiger charge is 2.19. The van der Waals surface area contributed by atoms with Gasteiger partial charge in [-0.1, -0.05) is 86.6 Å². The minimum atomic E-state index is 0.0189. The SMILES string of the molecule is CC(C)(C)c1ccc(-c2nnc(SCC(=O)c3ccc(Cl)cc3)n2-c2ccccc2)cc1. The van der Waals surface area contributed by atoms with Crippen LogP contribution >= 0.6 is 23.4 Å². The highest BCUT2D eigenvalue weighted by atomic mass is 35.5. The van der Waals surface area contributed by atoms with Gasteiger partial charge < -0.3 is 0 Å². The molecule has 4 nitrogen and oxygen atoms in total. The molecule has 1 aromatic heterocycles. The predicted octanol–water partition coefficient (Wildman–Crippen LogP) is 6.86.